The molecule has 262 valence electrons. The van der Waals surface area contributed by atoms with Crippen molar-refractivity contribution in [3.63, 3.8) is 0 Å². The van der Waals surface area contributed by atoms with Crippen molar-refractivity contribution in [3.8, 4) is 0 Å². The molecule has 0 bridgehead atoms. The molecule has 11 heteroatoms. The minimum absolute atomic E-state index is 0. The average molecular weight is 721 g/mol. The third-order valence-corrected chi connectivity index (χ3v) is 8.04. The van der Waals surface area contributed by atoms with Crippen LogP contribution in [0.25, 0.3) is 0 Å². The third-order valence-electron chi connectivity index (χ3n) is 8.04. The Labute approximate surface area is 301 Å². The molecule has 4 aromatic carbocycles. The molecule has 1 fully saturated rings. The first kappa shape index (κ1) is 38.0. The molecule has 0 saturated carbocycles. The summed E-state index contributed by atoms with van der Waals surface area (Å²) in [4.78, 5) is 37.3. The Morgan fingerprint density at radius 2 is 1.54 bits per heavy atom. The van der Waals surface area contributed by atoms with E-state index in [9.17, 15) is 24.2 Å². The van der Waals surface area contributed by atoms with Gasteiger partial charge < -0.3 is 25.1 Å². The topological polar surface area (TPSA) is 129 Å². The standard InChI is InChI=1S/C39H41FN4O5.Ni/c1-39(2,3)49-38(48)43-34(28-20-22-29(40)23-21-28)35(37(46)47)42-33(27-15-8-5-9-16-27)30-17-10-11-18-31(30)41-36(45)32-19-12-24-44(32)25-26-13-6-4-7-14-26;/h4-11,13-18,20-23,32,34-35H,12,19,24-25H2,1-3H3,(H,41,45)(H,43,48)(H,46,47);/q;+2/p-2/t32-,34+,35-;/m0./s1. The van der Waals surface area contributed by atoms with Crippen LogP contribution >= 0.6 is 0 Å². The fraction of sp³-hybridized carbons (Fsp3) is 0.282. The van der Waals surface area contributed by atoms with E-state index in [4.69, 9.17) is 9.73 Å². The van der Waals surface area contributed by atoms with Gasteiger partial charge in [0.05, 0.1) is 23.4 Å². The Morgan fingerprint density at radius 1 is 0.920 bits per heavy atom. The zero-order valence-corrected chi connectivity index (χ0v) is 29.0. The number of carbonyl (C=O) groups is 2. The molecule has 0 unspecified atom stereocenters. The Morgan fingerprint density at radius 3 is 2.18 bits per heavy atom. The second-order valence-electron chi connectivity index (χ2n) is 12.9. The Kier molecular flexibility index (Phi) is 13.0. The molecule has 1 amide bonds. The second-order valence-corrected chi connectivity index (χ2v) is 12.9. The number of carbonyl (C=O) groups excluding carboxylic acids is 2. The molecular weight excluding hydrogens is 682 g/mol. The third kappa shape index (κ3) is 10.1. The zero-order chi connectivity index (χ0) is 35.0. The van der Waals surface area contributed by atoms with Gasteiger partial charge in [0, 0.05) is 23.7 Å². The number of rotatable bonds is 11. The summed E-state index contributed by atoms with van der Waals surface area (Å²) in [7, 11) is 0. The van der Waals surface area contributed by atoms with Crippen molar-refractivity contribution < 1.29 is 45.4 Å². The van der Waals surface area contributed by atoms with Gasteiger partial charge in [-0.2, -0.15) is 0 Å². The van der Waals surface area contributed by atoms with Gasteiger partial charge in [0.25, 0.3) is 0 Å². The van der Waals surface area contributed by atoms with Crippen LogP contribution in [0.1, 0.15) is 61.9 Å². The molecule has 5 rings (SSSR count). The number of carboxylic acids is 1. The largest absolute Gasteiger partial charge is 2.00 e. The predicted octanol–water partition coefficient (Wildman–Crippen LogP) is 5.10. The van der Waals surface area contributed by atoms with Crippen LogP contribution in [0, 0.1) is 5.82 Å². The van der Waals surface area contributed by atoms with Crippen molar-refractivity contribution in [2.24, 2.45) is 9.98 Å². The van der Waals surface area contributed by atoms with E-state index in [-0.39, 0.29) is 33.7 Å². The normalized spacial score (nSPS) is 16.6. The summed E-state index contributed by atoms with van der Waals surface area (Å²) in [5.74, 6) is -2.43. The number of likely N-dealkylation sites (tertiary alicyclic amines) is 1. The maximum atomic E-state index is 13.9. The molecule has 1 aliphatic rings. The van der Waals surface area contributed by atoms with Crippen molar-refractivity contribution in [2.45, 2.75) is 63.9 Å². The summed E-state index contributed by atoms with van der Waals surface area (Å²) in [6, 6.07) is 27.4. The van der Waals surface area contributed by atoms with E-state index in [1.165, 1.54) is 12.1 Å². The number of aliphatic imine (C=N–C) groups is 2. The van der Waals surface area contributed by atoms with Crippen LogP contribution in [0.15, 0.2) is 119 Å². The Balaban J connectivity index is 0.00000562. The summed E-state index contributed by atoms with van der Waals surface area (Å²) in [6.45, 7) is 6.41. The van der Waals surface area contributed by atoms with Crippen molar-refractivity contribution in [3.05, 3.63) is 137 Å². The fourth-order valence-electron chi connectivity index (χ4n) is 5.82. The van der Waals surface area contributed by atoms with Gasteiger partial charge in [0.2, 0.25) is 0 Å². The fourth-order valence-corrected chi connectivity index (χ4v) is 5.82. The second kappa shape index (κ2) is 17.2. The molecule has 1 heterocycles. The molecule has 0 spiro atoms. The van der Waals surface area contributed by atoms with Crippen LogP contribution in [0.3, 0.4) is 0 Å². The van der Waals surface area contributed by atoms with Gasteiger partial charge in [-0.3, -0.25) is 14.9 Å². The number of nitrogens with one attached hydrogen (secondary N) is 1. The molecule has 1 N–H and O–H groups in total. The first-order valence-corrected chi connectivity index (χ1v) is 16.2. The number of benzene rings is 4. The number of halogens is 1. The van der Waals surface area contributed by atoms with Gasteiger partial charge in [-0.15, -0.1) is 0 Å². The molecule has 0 aromatic heterocycles. The molecule has 50 heavy (non-hydrogen) atoms. The SMILES string of the molecule is CC(C)(C)OC(=O)N[C@H](c1ccc(F)cc1)[C@H](N=C(c1ccccc1)c1ccccc1N=C([O-])[C@@H]1CCCN1Cc1ccccc1)C(=O)[O-].[Ni+2]. The molecule has 1 saturated heterocycles. The molecule has 9 nitrogen and oxygen atoms in total. The minimum Gasteiger partial charge on any atom is -0.861 e. The van der Waals surface area contributed by atoms with E-state index in [0.29, 0.717) is 29.8 Å². The number of para-hydroxylation sites is 1. The van der Waals surface area contributed by atoms with Crippen LogP contribution in [0.4, 0.5) is 14.9 Å². The van der Waals surface area contributed by atoms with Crippen LogP contribution < -0.4 is 15.5 Å². The Bertz CT molecular complexity index is 1800. The van der Waals surface area contributed by atoms with Crippen molar-refractivity contribution in [1.82, 2.24) is 10.2 Å². The van der Waals surface area contributed by atoms with E-state index in [2.05, 4.69) is 15.2 Å². The van der Waals surface area contributed by atoms with Crippen molar-refractivity contribution in [1.29, 1.82) is 0 Å². The smallest absolute Gasteiger partial charge is 0.861 e. The van der Waals surface area contributed by atoms with Gasteiger partial charge >= 0.3 is 22.6 Å². The number of hydrogen-bond donors (Lipinski definition) is 1. The van der Waals surface area contributed by atoms with E-state index in [0.717, 1.165) is 30.7 Å². The summed E-state index contributed by atoms with van der Waals surface area (Å²) in [6.07, 6.45) is 0.640. The van der Waals surface area contributed by atoms with E-state index in [1.807, 2.05) is 36.4 Å². The van der Waals surface area contributed by atoms with E-state index < -0.39 is 41.6 Å². The first-order valence-electron chi connectivity index (χ1n) is 16.2. The number of carboxylic acid groups (broad SMARTS) is 1. The molecule has 3 atom stereocenters. The number of amides is 1. The van der Waals surface area contributed by atoms with Gasteiger partial charge in [-0.25, -0.2) is 9.18 Å². The van der Waals surface area contributed by atoms with Crippen LogP contribution in [-0.2, 0) is 32.6 Å². The number of alkyl carbamates (subject to hydrolysis) is 1. The number of ether oxygens (including phenoxy) is 1. The average Bonchev–Trinajstić information content (AvgIpc) is 3.53. The Hall–Kier alpha value is -4.86. The van der Waals surface area contributed by atoms with Gasteiger partial charge in [0.15, 0.2) is 0 Å². The zero-order valence-electron chi connectivity index (χ0n) is 28.0. The summed E-state index contributed by atoms with van der Waals surface area (Å²) in [5, 5.41) is 29.3. The summed E-state index contributed by atoms with van der Waals surface area (Å²) >= 11 is 0. The molecule has 0 radical (unpaired) electrons. The minimum atomic E-state index is -1.70. The number of hydrogen-bond acceptors (Lipinski definition) is 8. The summed E-state index contributed by atoms with van der Waals surface area (Å²) < 4.78 is 19.4. The van der Waals surface area contributed by atoms with Gasteiger partial charge in [-0.05, 0) is 75.4 Å². The molecule has 0 aliphatic carbocycles. The predicted molar refractivity (Wildman–Crippen MR) is 183 cm³/mol. The van der Waals surface area contributed by atoms with E-state index in [1.54, 1.807) is 69.3 Å². The summed E-state index contributed by atoms with van der Waals surface area (Å²) in [5.41, 5.74) is 1.98. The van der Waals surface area contributed by atoms with Gasteiger partial charge in [-0.1, -0.05) is 91.0 Å². The number of aliphatic carboxylic acids is 1. The van der Waals surface area contributed by atoms with Crippen LogP contribution in [-0.4, -0.2) is 52.8 Å². The maximum Gasteiger partial charge on any atom is 2.00 e. The molecule has 1 aliphatic heterocycles. The van der Waals surface area contributed by atoms with Crippen molar-refractivity contribution >= 4 is 29.4 Å². The maximum absolute atomic E-state index is 13.9. The van der Waals surface area contributed by atoms with Gasteiger partial charge in [0.1, 0.15) is 17.5 Å². The molecule has 4 aromatic rings. The monoisotopic (exact) mass is 720 g/mol. The molecular formula is C39H39FN4NiO5. The first-order chi connectivity index (χ1) is 23.5. The quantitative estimate of drug-likeness (QED) is 0.130. The van der Waals surface area contributed by atoms with Crippen LogP contribution in [0.2, 0.25) is 0 Å². The van der Waals surface area contributed by atoms with Crippen LogP contribution in [0.5, 0.6) is 0 Å². The van der Waals surface area contributed by atoms with E-state index >= 15 is 0 Å². The van der Waals surface area contributed by atoms with Crippen molar-refractivity contribution in [2.75, 3.05) is 6.54 Å². The number of nitrogens with zero attached hydrogens (tertiary/aromatic N) is 3.